The summed E-state index contributed by atoms with van der Waals surface area (Å²) >= 11 is 3.54. The van der Waals surface area contributed by atoms with Crippen LogP contribution in [0.2, 0.25) is 0 Å². The highest BCUT2D eigenvalue weighted by Gasteiger charge is 2.26. The SMILES string of the molecule is CCNC1CCOCC1Sc1nccs1. The molecule has 0 aromatic carbocycles. The van der Waals surface area contributed by atoms with Crippen molar-refractivity contribution in [2.45, 2.75) is 29.0 Å². The van der Waals surface area contributed by atoms with Gasteiger partial charge in [0.2, 0.25) is 0 Å². The minimum Gasteiger partial charge on any atom is -0.380 e. The topological polar surface area (TPSA) is 34.1 Å². The molecule has 1 aromatic rings. The summed E-state index contributed by atoms with van der Waals surface area (Å²) < 4.78 is 6.67. The van der Waals surface area contributed by atoms with Gasteiger partial charge in [-0.05, 0) is 13.0 Å². The number of hydrogen-bond acceptors (Lipinski definition) is 5. The average molecular weight is 244 g/mol. The molecule has 1 aromatic heterocycles. The van der Waals surface area contributed by atoms with Crippen LogP contribution in [-0.2, 0) is 4.74 Å². The van der Waals surface area contributed by atoms with Crippen molar-refractivity contribution in [2.24, 2.45) is 0 Å². The largest absolute Gasteiger partial charge is 0.380 e. The molecule has 84 valence electrons. The normalized spacial score (nSPS) is 26.7. The first-order chi connectivity index (χ1) is 7.40. The maximum atomic E-state index is 5.52. The van der Waals surface area contributed by atoms with Gasteiger partial charge in [-0.15, -0.1) is 11.3 Å². The smallest absolute Gasteiger partial charge is 0.150 e. The van der Waals surface area contributed by atoms with Crippen molar-refractivity contribution in [3.63, 3.8) is 0 Å². The van der Waals surface area contributed by atoms with Crippen molar-refractivity contribution in [2.75, 3.05) is 19.8 Å². The van der Waals surface area contributed by atoms with Crippen molar-refractivity contribution in [1.29, 1.82) is 0 Å². The molecule has 2 unspecified atom stereocenters. The third kappa shape index (κ3) is 3.17. The lowest BCUT2D eigenvalue weighted by Crippen LogP contribution is -2.44. The van der Waals surface area contributed by atoms with Gasteiger partial charge in [0.1, 0.15) is 4.34 Å². The second-order valence-electron chi connectivity index (χ2n) is 3.48. The van der Waals surface area contributed by atoms with Crippen molar-refractivity contribution in [3.8, 4) is 0 Å². The van der Waals surface area contributed by atoms with Gasteiger partial charge in [-0.3, -0.25) is 0 Å². The molecule has 1 fully saturated rings. The maximum Gasteiger partial charge on any atom is 0.150 e. The number of nitrogens with zero attached hydrogens (tertiary/aromatic N) is 1. The van der Waals surface area contributed by atoms with Crippen LogP contribution in [0.15, 0.2) is 15.9 Å². The van der Waals surface area contributed by atoms with Gasteiger partial charge in [0.15, 0.2) is 0 Å². The standard InChI is InChI=1S/C10H16N2OS2/c1-2-11-8-3-5-13-7-9(8)15-10-12-4-6-14-10/h4,6,8-9,11H,2-3,5,7H2,1H3. The van der Waals surface area contributed by atoms with Crippen molar-refractivity contribution in [1.82, 2.24) is 10.3 Å². The summed E-state index contributed by atoms with van der Waals surface area (Å²) in [5.74, 6) is 0. The van der Waals surface area contributed by atoms with Gasteiger partial charge >= 0.3 is 0 Å². The molecule has 0 radical (unpaired) electrons. The van der Waals surface area contributed by atoms with Crippen LogP contribution in [0.4, 0.5) is 0 Å². The number of rotatable bonds is 4. The fraction of sp³-hybridized carbons (Fsp3) is 0.700. The fourth-order valence-corrected chi connectivity index (χ4v) is 3.78. The Kier molecular flexibility index (Phi) is 4.43. The molecule has 0 amide bonds. The van der Waals surface area contributed by atoms with Gasteiger partial charge < -0.3 is 10.1 Å². The molecule has 0 spiro atoms. The van der Waals surface area contributed by atoms with Crippen LogP contribution in [-0.4, -0.2) is 36.0 Å². The highest BCUT2D eigenvalue weighted by Crippen LogP contribution is 2.30. The zero-order chi connectivity index (χ0) is 10.5. The van der Waals surface area contributed by atoms with E-state index in [1.165, 1.54) is 0 Å². The minimum atomic E-state index is 0.504. The van der Waals surface area contributed by atoms with E-state index in [4.69, 9.17) is 4.74 Å². The number of hydrogen-bond donors (Lipinski definition) is 1. The lowest BCUT2D eigenvalue weighted by Gasteiger charge is -2.30. The third-order valence-electron chi connectivity index (χ3n) is 2.43. The van der Waals surface area contributed by atoms with Crippen LogP contribution in [0.5, 0.6) is 0 Å². The van der Waals surface area contributed by atoms with Gasteiger partial charge in [-0.1, -0.05) is 18.7 Å². The zero-order valence-electron chi connectivity index (χ0n) is 8.81. The average Bonchev–Trinajstić information content (AvgIpc) is 2.74. The minimum absolute atomic E-state index is 0.504. The Hall–Kier alpha value is -0.100. The second kappa shape index (κ2) is 5.84. The Labute approximate surface area is 98.6 Å². The van der Waals surface area contributed by atoms with Crippen molar-refractivity contribution in [3.05, 3.63) is 11.6 Å². The summed E-state index contributed by atoms with van der Waals surface area (Å²) in [6, 6.07) is 0.567. The van der Waals surface area contributed by atoms with Gasteiger partial charge in [-0.2, -0.15) is 0 Å². The lowest BCUT2D eigenvalue weighted by molar-refractivity contribution is 0.0837. The Morgan fingerprint density at radius 3 is 3.40 bits per heavy atom. The second-order valence-corrected chi connectivity index (χ2v) is 5.86. The van der Waals surface area contributed by atoms with Gasteiger partial charge in [0, 0.05) is 24.2 Å². The van der Waals surface area contributed by atoms with Gasteiger partial charge in [0.05, 0.1) is 11.9 Å². The van der Waals surface area contributed by atoms with Crippen LogP contribution in [0.1, 0.15) is 13.3 Å². The van der Waals surface area contributed by atoms with E-state index in [9.17, 15) is 0 Å². The highest BCUT2D eigenvalue weighted by atomic mass is 32.2. The molecule has 1 N–H and O–H groups in total. The molecule has 2 atom stereocenters. The number of ether oxygens (including phenoxy) is 1. The summed E-state index contributed by atoms with van der Waals surface area (Å²) in [6.07, 6.45) is 2.97. The summed E-state index contributed by atoms with van der Waals surface area (Å²) in [6.45, 7) is 4.90. The third-order valence-corrected chi connectivity index (χ3v) is 4.65. The molecule has 0 saturated carbocycles. The van der Waals surface area contributed by atoms with E-state index in [0.29, 0.717) is 11.3 Å². The molecule has 1 aliphatic rings. The molecular formula is C10H16N2OS2. The molecule has 0 bridgehead atoms. The maximum absolute atomic E-state index is 5.52. The van der Waals surface area contributed by atoms with Crippen LogP contribution in [0, 0.1) is 0 Å². The van der Waals surface area contributed by atoms with Gasteiger partial charge in [-0.25, -0.2) is 4.98 Å². The lowest BCUT2D eigenvalue weighted by atomic mass is 10.1. The predicted molar refractivity (Wildman–Crippen MR) is 64.7 cm³/mol. The summed E-state index contributed by atoms with van der Waals surface area (Å²) in [5.41, 5.74) is 0. The number of aromatic nitrogens is 1. The Balaban J connectivity index is 1.92. The Bertz CT molecular complexity index is 277. The summed E-state index contributed by atoms with van der Waals surface area (Å²) in [7, 11) is 0. The van der Waals surface area contributed by atoms with E-state index >= 15 is 0 Å². The van der Waals surface area contributed by atoms with Crippen LogP contribution >= 0.6 is 23.1 Å². The molecule has 2 rings (SSSR count). The Morgan fingerprint density at radius 2 is 2.67 bits per heavy atom. The van der Waals surface area contributed by atoms with E-state index in [-0.39, 0.29) is 0 Å². The molecule has 1 saturated heterocycles. The first-order valence-electron chi connectivity index (χ1n) is 5.27. The number of thiazole rings is 1. The Morgan fingerprint density at radius 1 is 1.73 bits per heavy atom. The van der Waals surface area contributed by atoms with Gasteiger partial charge in [0.25, 0.3) is 0 Å². The highest BCUT2D eigenvalue weighted by molar-refractivity contribution is 8.01. The van der Waals surface area contributed by atoms with E-state index in [1.54, 1.807) is 11.3 Å². The molecule has 3 nitrogen and oxygen atoms in total. The first kappa shape index (κ1) is 11.4. The zero-order valence-corrected chi connectivity index (χ0v) is 10.4. The summed E-state index contributed by atoms with van der Waals surface area (Å²) in [5, 5.41) is 6.05. The summed E-state index contributed by atoms with van der Waals surface area (Å²) in [4.78, 5) is 4.30. The van der Waals surface area contributed by atoms with E-state index in [0.717, 1.165) is 30.5 Å². The quantitative estimate of drug-likeness (QED) is 0.878. The molecule has 2 heterocycles. The fourth-order valence-electron chi connectivity index (χ4n) is 1.72. The molecular weight excluding hydrogens is 228 g/mol. The predicted octanol–water partition coefficient (Wildman–Crippen LogP) is 2.00. The van der Waals surface area contributed by atoms with E-state index in [2.05, 4.69) is 17.2 Å². The molecule has 0 aliphatic carbocycles. The van der Waals surface area contributed by atoms with E-state index < -0.39 is 0 Å². The van der Waals surface area contributed by atoms with Crippen molar-refractivity contribution >= 4 is 23.1 Å². The monoisotopic (exact) mass is 244 g/mol. The molecule has 5 heteroatoms. The van der Waals surface area contributed by atoms with Crippen LogP contribution in [0.25, 0.3) is 0 Å². The van der Waals surface area contributed by atoms with E-state index in [1.807, 2.05) is 23.3 Å². The number of thioether (sulfide) groups is 1. The molecule has 1 aliphatic heterocycles. The van der Waals surface area contributed by atoms with Crippen molar-refractivity contribution < 1.29 is 4.74 Å². The molecule has 15 heavy (non-hydrogen) atoms. The number of nitrogens with one attached hydrogen (secondary N) is 1. The van der Waals surface area contributed by atoms with Crippen LogP contribution < -0.4 is 5.32 Å². The first-order valence-corrected chi connectivity index (χ1v) is 7.03. The van der Waals surface area contributed by atoms with Crippen LogP contribution in [0.3, 0.4) is 0 Å².